The van der Waals surface area contributed by atoms with Crippen LogP contribution in [0, 0.1) is 17.0 Å². The molecule has 3 aromatic rings. The first-order valence-electron chi connectivity index (χ1n) is 6.70. The van der Waals surface area contributed by atoms with E-state index in [1.165, 1.54) is 41.0 Å². The van der Waals surface area contributed by atoms with Crippen molar-refractivity contribution >= 4 is 34.1 Å². The minimum absolute atomic E-state index is 0. The molecule has 0 bridgehead atoms. The maximum atomic E-state index is 10.8. The molecule has 0 radical (unpaired) electrons. The SMILES string of the molecule is C.Cc1ccc(SNc2nnc(-c3cccc([N+](=O)[O-])c3)s2)cc1.O.O. The van der Waals surface area contributed by atoms with Crippen molar-refractivity contribution in [1.29, 1.82) is 0 Å². The van der Waals surface area contributed by atoms with Crippen LogP contribution in [0.5, 0.6) is 0 Å². The average Bonchev–Trinajstić information content (AvgIpc) is 3.03. The molecule has 5 N–H and O–H groups in total. The third-order valence-electron chi connectivity index (χ3n) is 3.01. The van der Waals surface area contributed by atoms with Crippen LogP contribution < -0.4 is 4.72 Å². The van der Waals surface area contributed by atoms with Crippen LogP contribution in [0.2, 0.25) is 0 Å². The van der Waals surface area contributed by atoms with Gasteiger partial charge in [0.15, 0.2) is 0 Å². The number of aryl methyl sites for hydroxylation is 1. The van der Waals surface area contributed by atoms with E-state index in [2.05, 4.69) is 14.9 Å². The van der Waals surface area contributed by atoms with Crippen LogP contribution in [-0.2, 0) is 0 Å². The molecular formula is C16H20N4O4S2. The summed E-state index contributed by atoms with van der Waals surface area (Å²) in [6, 6.07) is 14.5. The van der Waals surface area contributed by atoms with Gasteiger partial charge in [-0.2, -0.15) is 0 Å². The van der Waals surface area contributed by atoms with Crippen LogP contribution in [0.3, 0.4) is 0 Å². The van der Waals surface area contributed by atoms with Gasteiger partial charge in [0.2, 0.25) is 5.13 Å². The minimum atomic E-state index is -0.420. The summed E-state index contributed by atoms with van der Waals surface area (Å²) >= 11 is 2.80. The van der Waals surface area contributed by atoms with E-state index < -0.39 is 4.92 Å². The summed E-state index contributed by atoms with van der Waals surface area (Å²) < 4.78 is 3.14. The van der Waals surface area contributed by atoms with Crippen molar-refractivity contribution in [2.24, 2.45) is 0 Å². The molecule has 0 unspecified atom stereocenters. The van der Waals surface area contributed by atoms with Gasteiger partial charge >= 0.3 is 0 Å². The van der Waals surface area contributed by atoms with E-state index in [0.29, 0.717) is 15.7 Å². The summed E-state index contributed by atoms with van der Waals surface area (Å²) in [5.74, 6) is 0. The molecule has 0 aliphatic carbocycles. The number of hydrogen-bond donors (Lipinski definition) is 1. The first-order valence-corrected chi connectivity index (χ1v) is 8.33. The zero-order valence-electron chi connectivity index (χ0n) is 13.1. The van der Waals surface area contributed by atoms with Crippen LogP contribution >= 0.6 is 23.3 Å². The third-order valence-corrected chi connectivity index (χ3v) is 4.83. The molecule has 0 atom stereocenters. The Kier molecular flexibility index (Phi) is 9.44. The fourth-order valence-corrected chi connectivity index (χ4v) is 3.24. The van der Waals surface area contributed by atoms with E-state index in [4.69, 9.17) is 0 Å². The highest BCUT2D eigenvalue weighted by Crippen LogP contribution is 2.31. The summed E-state index contributed by atoms with van der Waals surface area (Å²) in [5, 5.41) is 20.3. The van der Waals surface area contributed by atoms with Crippen molar-refractivity contribution in [3.63, 3.8) is 0 Å². The summed E-state index contributed by atoms with van der Waals surface area (Å²) in [4.78, 5) is 11.5. The van der Waals surface area contributed by atoms with Crippen molar-refractivity contribution in [2.45, 2.75) is 19.2 Å². The maximum Gasteiger partial charge on any atom is 0.270 e. The van der Waals surface area contributed by atoms with Gasteiger partial charge in [0.1, 0.15) is 5.01 Å². The number of rotatable bonds is 5. The lowest BCUT2D eigenvalue weighted by atomic mass is 10.2. The number of aromatic nitrogens is 2. The third kappa shape index (κ3) is 5.77. The zero-order valence-corrected chi connectivity index (χ0v) is 14.7. The predicted octanol–water partition coefficient (Wildman–Crippen LogP) is 3.53. The Bertz CT molecular complexity index is 840. The maximum absolute atomic E-state index is 10.8. The predicted molar refractivity (Wildman–Crippen MR) is 107 cm³/mol. The zero-order chi connectivity index (χ0) is 16.2. The Morgan fingerprint density at radius 2 is 1.81 bits per heavy atom. The Morgan fingerprint density at radius 3 is 2.46 bits per heavy atom. The van der Waals surface area contributed by atoms with E-state index in [1.807, 2.05) is 31.2 Å². The molecule has 0 aliphatic rings. The fraction of sp³-hybridized carbons (Fsp3) is 0.125. The van der Waals surface area contributed by atoms with Crippen LogP contribution in [0.15, 0.2) is 53.4 Å². The molecule has 3 rings (SSSR count). The number of benzene rings is 2. The van der Waals surface area contributed by atoms with E-state index in [1.54, 1.807) is 12.1 Å². The number of non-ortho nitro benzene ring substituents is 1. The number of nitro groups is 1. The molecular weight excluding hydrogens is 376 g/mol. The van der Waals surface area contributed by atoms with Gasteiger partial charge in [0.05, 0.1) is 4.92 Å². The normalized spacial score (nSPS) is 9.27. The molecule has 0 spiro atoms. The van der Waals surface area contributed by atoms with Gasteiger partial charge < -0.3 is 15.7 Å². The van der Waals surface area contributed by atoms with Crippen molar-refractivity contribution in [2.75, 3.05) is 4.72 Å². The number of nitrogens with one attached hydrogen (secondary N) is 1. The Balaban J connectivity index is 0.00000208. The molecule has 10 heteroatoms. The summed E-state index contributed by atoms with van der Waals surface area (Å²) in [6.07, 6.45) is 0. The van der Waals surface area contributed by atoms with Crippen LogP contribution in [0.25, 0.3) is 10.6 Å². The molecule has 1 aromatic heterocycles. The van der Waals surface area contributed by atoms with Crippen molar-refractivity contribution in [3.05, 3.63) is 64.2 Å². The number of hydrogen-bond acceptors (Lipinski definition) is 7. The molecule has 0 aliphatic heterocycles. The van der Waals surface area contributed by atoms with E-state index >= 15 is 0 Å². The van der Waals surface area contributed by atoms with Gasteiger partial charge in [-0.25, -0.2) is 0 Å². The van der Waals surface area contributed by atoms with Gasteiger partial charge in [-0.1, -0.05) is 48.6 Å². The van der Waals surface area contributed by atoms with Gasteiger partial charge in [-0.3, -0.25) is 10.1 Å². The lowest BCUT2D eigenvalue weighted by Gasteiger charge is -2.01. The number of nitrogens with zero attached hydrogens (tertiary/aromatic N) is 3. The van der Waals surface area contributed by atoms with Crippen molar-refractivity contribution in [1.82, 2.24) is 10.2 Å². The molecule has 26 heavy (non-hydrogen) atoms. The minimum Gasteiger partial charge on any atom is -0.412 e. The second-order valence-electron chi connectivity index (χ2n) is 4.74. The Labute approximate surface area is 159 Å². The van der Waals surface area contributed by atoms with E-state index in [0.717, 1.165) is 4.90 Å². The second-order valence-corrected chi connectivity index (χ2v) is 6.59. The highest BCUT2D eigenvalue weighted by molar-refractivity contribution is 8.00. The number of nitro benzene ring substituents is 1. The second kappa shape index (κ2) is 10.5. The lowest BCUT2D eigenvalue weighted by Crippen LogP contribution is -1.87. The molecule has 0 saturated heterocycles. The van der Waals surface area contributed by atoms with Crippen LogP contribution in [0.1, 0.15) is 13.0 Å². The highest BCUT2D eigenvalue weighted by Gasteiger charge is 2.11. The topological polar surface area (TPSA) is 144 Å². The Morgan fingerprint density at radius 1 is 1.12 bits per heavy atom. The van der Waals surface area contributed by atoms with Gasteiger partial charge in [-0.05, 0) is 31.0 Å². The first kappa shape index (κ1) is 23.5. The summed E-state index contributed by atoms with van der Waals surface area (Å²) in [5.41, 5.74) is 1.93. The first-order chi connectivity index (χ1) is 11.1. The van der Waals surface area contributed by atoms with Gasteiger partial charge in [0, 0.05) is 22.6 Å². The average molecular weight is 396 g/mol. The molecule has 8 nitrogen and oxygen atoms in total. The molecule has 0 amide bonds. The van der Waals surface area contributed by atoms with Gasteiger partial charge in [-0.15, -0.1) is 10.2 Å². The highest BCUT2D eigenvalue weighted by atomic mass is 32.2. The monoisotopic (exact) mass is 396 g/mol. The van der Waals surface area contributed by atoms with Crippen molar-refractivity contribution < 1.29 is 15.9 Å². The largest absolute Gasteiger partial charge is 0.412 e. The summed E-state index contributed by atoms with van der Waals surface area (Å²) in [7, 11) is 0. The van der Waals surface area contributed by atoms with Crippen molar-refractivity contribution in [3.8, 4) is 10.6 Å². The summed E-state index contributed by atoms with van der Waals surface area (Å²) in [6.45, 7) is 2.04. The van der Waals surface area contributed by atoms with E-state index in [-0.39, 0.29) is 24.1 Å². The van der Waals surface area contributed by atoms with Crippen LogP contribution in [0.4, 0.5) is 10.8 Å². The molecule has 0 saturated carbocycles. The smallest absolute Gasteiger partial charge is 0.270 e. The van der Waals surface area contributed by atoms with Gasteiger partial charge in [0.25, 0.3) is 5.69 Å². The lowest BCUT2D eigenvalue weighted by molar-refractivity contribution is -0.384. The fourth-order valence-electron chi connectivity index (χ4n) is 1.84. The molecule has 140 valence electrons. The van der Waals surface area contributed by atoms with E-state index in [9.17, 15) is 10.1 Å². The van der Waals surface area contributed by atoms with Crippen LogP contribution in [-0.4, -0.2) is 26.1 Å². The number of anilines is 1. The quantitative estimate of drug-likeness (QED) is 0.397. The molecule has 1 heterocycles. The Hall–Kier alpha value is -2.53. The standard InChI is InChI=1S/C15H12N4O2S2.CH4.2H2O/c1-10-5-7-13(8-6-10)23-18-15-17-16-14(22-15)11-3-2-4-12(9-11)19(20)21;;;/h2-9H,1H3,(H,17,18);1H4;2*1H2. The molecule has 2 aromatic carbocycles. The molecule has 0 fully saturated rings.